The molecule has 2 unspecified atom stereocenters. The predicted octanol–water partition coefficient (Wildman–Crippen LogP) is 1.54. The first-order valence-electron chi connectivity index (χ1n) is 7.37. The second-order valence-electron chi connectivity index (χ2n) is 6.29. The molecule has 2 N–H and O–H groups in total. The molecule has 1 saturated heterocycles. The summed E-state index contributed by atoms with van der Waals surface area (Å²) in [4.78, 5) is 3.47. The van der Waals surface area contributed by atoms with Gasteiger partial charge in [0.15, 0.2) is 0 Å². The Morgan fingerprint density at radius 2 is 1.95 bits per heavy atom. The minimum atomic E-state index is -3.33. The van der Waals surface area contributed by atoms with Crippen molar-refractivity contribution in [3.05, 3.63) is 18.0 Å². The Hall–Kier alpha value is -0.850. The van der Waals surface area contributed by atoms with Gasteiger partial charge in [-0.25, -0.2) is 8.42 Å². The van der Waals surface area contributed by atoms with Crippen LogP contribution >= 0.6 is 0 Å². The molecule has 0 amide bonds. The second kappa shape index (κ2) is 5.16. The van der Waals surface area contributed by atoms with Crippen molar-refractivity contribution in [3.63, 3.8) is 0 Å². The van der Waals surface area contributed by atoms with Gasteiger partial charge < -0.3 is 10.3 Å². The summed E-state index contributed by atoms with van der Waals surface area (Å²) in [6.45, 7) is 6.20. The molecule has 1 saturated carbocycles. The summed E-state index contributed by atoms with van der Waals surface area (Å²) in [6, 6.07) is 2.39. The molecule has 2 fully saturated rings. The number of nitrogens with one attached hydrogen (secondary N) is 2. The zero-order chi connectivity index (χ0) is 14.3. The van der Waals surface area contributed by atoms with E-state index in [1.807, 2.05) is 0 Å². The molecule has 3 rings (SSSR count). The van der Waals surface area contributed by atoms with Gasteiger partial charge in [0.05, 0.1) is 4.90 Å². The molecule has 1 aliphatic carbocycles. The van der Waals surface area contributed by atoms with Crippen LogP contribution in [-0.2, 0) is 16.6 Å². The number of aromatic nitrogens is 1. The Kier molecular flexibility index (Phi) is 3.64. The Labute approximate surface area is 120 Å². The fourth-order valence-corrected chi connectivity index (χ4v) is 4.29. The summed E-state index contributed by atoms with van der Waals surface area (Å²) >= 11 is 0. The molecular weight excluding hydrogens is 274 g/mol. The van der Waals surface area contributed by atoms with E-state index in [2.05, 4.69) is 24.1 Å². The summed E-state index contributed by atoms with van der Waals surface area (Å²) in [7, 11) is -3.33. The molecular formula is C14H23N3O2S. The SMILES string of the molecule is CC1CN(S(=O)(=O)c2c[nH]c(CNC3CC3)c2)CC1C. The van der Waals surface area contributed by atoms with E-state index in [4.69, 9.17) is 0 Å². The quantitative estimate of drug-likeness (QED) is 0.866. The van der Waals surface area contributed by atoms with Crippen LogP contribution < -0.4 is 5.32 Å². The maximum absolute atomic E-state index is 12.6. The largest absolute Gasteiger partial charge is 0.363 e. The van der Waals surface area contributed by atoms with Crippen LogP contribution in [0.3, 0.4) is 0 Å². The van der Waals surface area contributed by atoms with Crippen molar-refractivity contribution in [3.8, 4) is 0 Å². The van der Waals surface area contributed by atoms with Crippen LogP contribution in [0.2, 0.25) is 0 Å². The fraction of sp³-hybridized carbons (Fsp3) is 0.714. The van der Waals surface area contributed by atoms with Gasteiger partial charge in [-0.3, -0.25) is 0 Å². The van der Waals surface area contributed by atoms with E-state index >= 15 is 0 Å². The maximum Gasteiger partial charge on any atom is 0.244 e. The van der Waals surface area contributed by atoms with E-state index in [0.29, 0.717) is 42.4 Å². The number of sulfonamides is 1. The highest BCUT2D eigenvalue weighted by molar-refractivity contribution is 7.89. The van der Waals surface area contributed by atoms with Gasteiger partial charge in [0.1, 0.15) is 0 Å². The van der Waals surface area contributed by atoms with Crippen molar-refractivity contribution in [2.24, 2.45) is 11.8 Å². The average Bonchev–Trinajstić information content (AvgIpc) is 2.99. The summed E-state index contributed by atoms with van der Waals surface area (Å²) in [5.74, 6) is 0.861. The van der Waals surface area contributed by atoms with E-state index in [9.17, 15) is 8.42 Å². The van der Waals surface area contributed by atoms with Crippen LogP contribution in [0.1, 0.15) is 32.4 Å². The lowest BCUT2D eigenvalue weighted by Gasteiger charge is -2.14. The lowest BCUT2D eigenvalue weighted by molar-refractivity contribution is 0.463. The van der Waals surface area contributed by atoms with E-state index in [0.717, 1.165) is 5.69 Å². The standard InChI is InChI=1S/C14H23N3O2S/c1-10-8-17(9-11(10)2)20(18,19)14-5-13(16-7-14)6-15-12-3-4-12/h5,7,10-12,15-16H,3-4,6,8-9H2,1-2H3. The predicted molar refractivity (Wildman–Crippen MR) is 77.7 cm³/mol. The van der Waals surface area contributed by atoms with Crippen molar-refractivity contribution in [1.29, 1.82) is 0 Å². The van der Waals surface area contributed by atoms with Crippen LogP contribution in [0, 0.1) is 11.8 Å². The number of rotatable bonds is 5. The van der Waals surface area contributed by atoms with E-state index < -0.39 is 10.0 Å². The van der Waals surface area contributed by atoms with Gasteiger partial charge in [0.25, 0.3) is 0 Å². The molecule has 6 heteroatoms. The molecule has 0 bridgehead atoms. The Balaban J connectivity index is 1.70. The number of hydrogen-bond donors (Lipinski definition) is 2. The van der Waals surface area contributed by atoms with Crippen molar-refractivity contribution in [2.45, 2.75) is 44.2 Å². The molecule has 2 heterocycles. The third kappa shape index (κ3) is 2.77. The molecule has 0 spiro atoms. The van der Waals surface area contributed by atoms with Crippen molar-refractivity contribution in [2.75, 3.05) is 13.1 Å². The second-order valence-corrected chi connectivity index (χ2v) is 8.23. The smallest absolute Gasteiger partial charge is 0.244 e. The van der Waals surface area contributed by atoms with Gasteiger partial charge in [-0.15, -0.1) is 0 Å². The van der Waals surface area contributed by atoms with Gasteiger partial charge in [-0.2, -0.15) is 4.31 Å². The molecule has 0 aromatic carbocycles. The van der Waals surface area contributed by atoms with Gasteiger partial charge in [0.2, 0.25) is 10.0 Å². The molecule has 1 aromatic heterocycles. The average molecular weight is 297 g/mol. The Morgan fingerprint density at radius 1 is 1.30 bits per heavy atom. The molecule has 112 valence electrons. The van der Waals surface area contributed by atoms with Crippen LogP contribution in [-0.4, -0.2) is 36.8 Å². The first kappa shape index (κ1) is 14.1. The van der Waals surface area contributed by atoms with E-state index in [1.165, 1.54) is 12.8 Å². The fourth-order valence-electron chi connectivity index (χ4n) is 2.63. The minimum absolute atomic E-state index is 0.395. The highest BCUT2D eigenvalue weighted by Gasteiger charge is 2.35. The summed E-state index contributed by atoms with van der Waals surface area (Å²) < 4.78 is 26.8. The Bertz CT molecular complexity index is 567. The van der Waals surface area contributed by atoms with Crippen molar-refractivity contribution >= 4 is 10.0 Å². The highest BCUT2D eigenvalue weighted by atomic mass is 32.2. The van der Waals surface area contributed by atoms with Gasteiger partial charge in [-0.05, 0) is 30.7 Å². The van der Waals surface area contributed by atoms with E-state index in [1.54, 1.807) is 16.6 Å². The zero-order valence-electron chi connectivity index (χ0n) is 12.1. The van der Waals surface area contributed by atoms with Crippen LogP contribution in [0.25, 0.3) is 0 Å². The number of H-pyrrole nitrogens is 1. The van der Waals surface area contributed by atoms with Gasteiger partial charge >= 0.3 is 0 Å². The van der Waals surface area contributed by atoms with Crippen LogP contribution in [0.5, 0.6) is 0 Å². The third-order valence-corrected chi connectivity index (χ3v) is 6.28. The monoisotopic (exact) mass is 297 g/mol. The Morgan fingerprint density at radius 3 is 2.55 bits per heavy atom. The topological polar surface area (TPSA) is 65.2 Å². The van der Waals surface area contributed by atoms with Gasteiger partial charge in [0, 0.05) is 37.6 Å². The summed E-state index contributed by atoms with van der Waals surface area (Å²) in [6.07, 6.45) is 4.08. The summed E-state index contributed by atoms with van der Waals surface area (Å²) in [5, 5.41) is 3.38. The zero-order valence-corrected chi connectivity index (χ0v) is 12.9. The molecule has 1 aromatic rings. The molecule has 0 radical (unpaired) electrons. The molecule has 2 aliphatic rings. The molecule has 20 heavy (non-hydrogen) atoms. The normalized spacial score (nSPS) is 28.1. The van der Waals surface area contributed by atoms with Crippen molar-refractivity contribution < 1.29 is 8.42 Å². The molecule has 2 atom stereocenters. The lowest BCUT2D eigenvalue weighted by Crippen LogP contribution is -2.28. The highest BCUT2D eigenvalue weighted by Crippen LogP contribution is 2.28. The lowest BCUT2D eigenvalue weighted by atomic mass is 10.0. The van der Waals surface area contributed by atoms with Gasteiger partial charge in [-0.1, -0.05) is 13.8 Å². The number of aromatic amines is 1. The molecule has 1 aliphatic heterocycles. The molecule has 5 nitrogen and oxygen atoms in total. The minimum Gasteiger partial charge on any atom is -0.363 e. The first-order valence-corrected chi connectivity index (χ1v) is 8.81. The van der Waals surface area contributed by atoms with Crippen LogP contribution in [0.4, 0.5) is 0 Å². The third-order valence-electron chi connectivity index (χ3n) is 4.47. The van der Waals surface area contributed by atoms with E-state index in [-0.39, 0.29) is 0 Å². The maximum atomic E-state index is 12.6. The van der Waals surface area contributed by atoms with Crippen LogP contribution in [0.15, 0.2) is 17.2 Å². The number of nitrogens with zero attached hydrogens (tertiary/aromatic N) is 1. The number of hydrogen-bond acceptors (Lipinski definition) is 3. The first-order chi connectivity index (χ1) is 9.46. The van der Waals surface area contributed by atoms with Crippen molar-refractivity contribution in [1.82, 2.24) is 14.6 Å². The summed E-state index contributed by atoms with van der Waals surface area (Å²) in [5.41, 5.74) is 0.941.